The Labute approximate surface area is 115 Å². The second-order valence-electron chi connectivity index (χ2n) is 4.26. The average molecular weight is 308 g/mol. The fourth-order valence-electron chi connectivity index (χ4n) is 1.71. The van der Waals surface area contributed by atoms with Gasteiger partial charge in [-0.1, -0.05) is 6.92 Å². The number of carbonyl (C=O) groups is 1. The van der Waals surface area contributed by atoms with Crippen LogP contribution >= 0.6 is 10.7 Å². The van der Waals surface area contributed by atoms with Gasteiger partial charge in [-0.3, -0.25) is 0 Å². The molecule has 0 saturated carbocycles. The van der Waals surface area contributed by atoms with Crippen molar-refractivity contribution in [2.24, 2.45) is 0 Å². The van der Waals surface area contributed by atoms with Gasteiger partial charge in [0.05, 0.1) is 13.2 Å². The Morgan fingerprint density at radius 2 is 2.26 bits per heavy atom. The Bertz CT molecular complexity index is 576. The van der Waals surface area contributed by atoms with Crippen LogP contribution in [0.3, 0.4) is 0 Å². The zero-order chi connectivity index (χ0) is 14.0. The standard InChI is InChI=1S/C11H14ClNO5S/c1-2-3-13-5-9(19(12,15)16)4-10(13)11(14)18-8-6-17-7-8/h4-5,8H,2-3,6-7H2,1H3. The molecule has 6 nitrogen and oxygen atoms in total. The Hall–Kier alpha value is -1.05. The maximum Gasteiger partial charge on any atom is 0.355 e. The Morgan fingerprint density at radius 3 is 2.74 bits per heavy atom. The first kappa shape index (κ1) is 14.4. The molecule has 0 unspecified atom stereocenters. The number of aromatic nitrogens is 1. The second kappa shape index (κ2) is 5.52. The largest absolute Gasteiger partial charge is 0.453 e. The highest BCUT2D eigenvalue weighted by atomic mass is 35.7. The van der Waals surface area contributed by atoms with Crippen LogP contribution in [0.4, 0.5) is 0 Å². The zero-order valence-corrected chi connectivity index (χ0v) is 11.9. The number of hydrogen-bond acceptors (Lipinski definition) is 5. The molecule has 2 rings (SSSR count). The minimum atomic E-state index is -3.86. The van der Waals surface area contributed by atoms with Crippen LogP contribution < -0.4 is 0 Å². The van der Waals surface area contributed by atoms with Crippen LogP contribution in [0, 0.1) is 0 Å². The molecule has 0 radical (unpaired) electrons. The van der Waals surface area contributed by atoms with E-state index >= 15 is 0 Å². The molecule has 19 heavy (non-hydrogen) atoms. The summed E-state index contributed by atoms with van der Waals surface area (Å²) in [6.07, 6.45) is 1.84. The molecule has 0 aliphatic carbocycles. The normalized spacial score (nSPS) is 16.1. The van der Waals surface area contributed by atoms with Gasteiger partial charge in [0.15, 0.2) is 0 Å². The number of nitrogens with zero attached hydrogens (tertiary/aromatic N) is 1. The summed E-state index contributed by atoms with van der Waals surface area (Å²) < 4.78 is 34.2. The number of esters is 1. The lowest BCUT2D eigenvalue weighted by molar-refractivity contribution is -0.103. The third-order valence-corrected chi connectivity index (χ3v) is 4.03. The molecule has 0 bridgehead atoms. The maximum atomic E-state index is 11.9. The summed E-state index contributed by atoms with van der Waals surface area (Å²) in [4.78, 5) is 11.8. The van der Waals surface area contributed by atoms with E-state index in [2.05, 4.69) is 0 Å². The predicted octanol–water partition coefficient (Wildman–Crippen LogP) is 1.38. The molecule has 0 spiro atoms. The zero-order valence-electron chi connectivity index (χ0n) is 10.3. The first-order chi connectivity index (χ1) is 8.91. The lowest BCUT2D eigenvalue weighted by Crippen LogP contribution is -2.38. The first-order valence-electron chi connectivity index (χ1n) is 5.85. The van der Waals surface area contributed by atoms with E-state index in [1.54, 1.807) is 0 Å². The van der Waals surface area contributed by atoms with E-state index < -0.39 is 15.0 Å². The van der Waals surface area contributed by atoms with Gasteiger partial charge >= 0.3 is 5.97 Å². The van der Waals surface area contributed by atoms with Gasteiger partial charge < -0.3 is 14.0 Å². The first-order valence-corrected chi connectivity index (χ1v) is 8.16. The van der Waals surface area contributed by atoms with Crippen LogP contribution in [0.1, 0.15) is 23.8 Å². The van der Waals surface area contributed by atoms with E-state index in [0.29, 0.717) is 19.8 Å². The molecule has 1 fully saturated rings. The van der Waals surface area contributed by atoms with Crippen molar-refractivity contribution in [3.63, 3.8) is 0 Å². The van der Waals surface area contributed by atoms with E-state index in [1.807, 2.05) is 6.92 Å². The molecular formula is C11H14ClNO5S. The minimum absolute atomic E-state index is 0.0978. The monoisotopic (exact) mass is 307 g/mol. The molecule has 0 N–H and O–H groups in total. The van der Waals surface area contributed by atoms with E-state index in [9.17, 15) is 13.2 Å². The van der Waals surface area contributed by atoms with Gasteiger partial charge in [-0.25, -0.2) is 13.2 Å². The Morgan fingerprint density at radius 1 is 1.58 bits per heavy atom. The molecule has 1 aromatic rings. The van der Waals surface area contributed by atoms with Gasteiger partial charge in [-0.2, -0.15) is 0 Å². The van der Waals surface area contributed by atoms with Gasteiger partial charge in [0.2, 0.25) is 0 Å². The molecule has 0 atom stereocenters. The van der Waals surface area contributed by atoms with Crippen molar-refractivity contribution < 1.29 is 22.7 Å². The smallest absolute Gasteiger partial charge is 0.355 e. The maximum absolute atomic E-state index is 11.9. The summed E-state index contributed by atoms with van der Waals surface area (Å²) >= 11 is 0. The predicted molar refractivity (Wildman–Crippen MR) is 67.8 cm³/mol. The highest BCUT2D eigenvalue weighted by molar-refractivity contribution is 8.13. The van der Waals surface area contributed by atoms with Crippen molar-refractivity contribution in [3.8, 4) is 0 Å². The van der Waals surface area contributed by atoms with E-state index in [1.165, 1.54) is 16.8 Å². The van der Waals surface area contributed by atoms with E-state index in [-0.39, 0.29) is 16.7 Å². The molecule has 1 saturated heterocycles. The van der Waals surface area contributed by atoms with Gasteiger partial charge in [0, 0.05) is 23.4 Å². The number of rotatable bonds is 5. The third-order valence-electron chi connectivity index (χ3n) is 2.71. The Kier molecular flexibility index (Phi) is 4.17. The summed E-state index contributed by atoms with van der Waals surface area (Å²) in [7, 11) is 1.42. The van der Waals surface area contributed by atoms with E-state index in [0.717, 1.165) is 6.42 Å². The highest BCUT2D eigenvalue weighted by Crippen LogP contribution is 2.20. The third kappa shape index (κ3) is 3.29. The van der Waals surface area contributed by atoms with Crippen LogP contribution in [0.2, 0.25) is 0 Å². The number of hydrogen-bond donors (Lipinski definition) is 0. The van der Waals surface area contributed by atoms with Crippen LogP contribution in [0.5, 0.6) is 0 Å². The number of ether oxygens (including phenoxy) is 2. The number of carbonyl (C=O) groups excluding carboxylic acids is 1. The van der Waals surface area contributed by atoms with Crippen LogP contribution in [-0.2, 0) is 25.1 Å². The molecule has 2 heterocycles. The highest BCUT2D eigenvalue weighted by Gasteiger charge is 2.26. The van der Waals surface area contributed by atoms with E-state index in [4.69, 9.17) is 20.2 Å². The molecule has 106 valence electrons. The molecular weight excluding hydrogens is 294 g/mol. The molecule has 0 amide bonds. The molecule has 1 aliphatic heterocycles. The summed E-state index contributed by atoms with van der Waals surface area (Å²) in [5, 5.41) is 0. The van der Waals surface area contributed by atoms with Crippen molar-refractivity contribution in [1.29, 1.82) is 0 Å². The summed E-state index contributed by atoms with van der Waals surface area (Å²) in [5.41, 5.74) is 0.188. The Balaban J connectivity index is 2.25. The minimum Gasteiger partial charge on any atom is -0.453 e. The lowest BCUT2D eigenvalue weighted by atomic mass is 10.3. The molecule has 1 aromatic heterocycles. The quantitative estimate of drug-likeness (QED) is 0.607. The van der Waals surface area contributed by atoms with Crippen molar-refractivity contribution in [2.45, 2.75) is 30.9 Å². The number of aryl methyl sites for hydroxylation is 1. The summed E-state index contributed by atoms with van der Waals surface area (Å²) in [6, 6.07) is 1.24. The lowest BCUT2D eigenvalue weighted by Gasteiger charge is -2.25. The van der Waals surface area contributed by atoms with Crippen LogP contribution in [0.25, 0.3) is 0 Å². The molecule has 1 aliphatic rings. The fourth-order valence-corrected chi connectivity index (χ4v) is 2.47. The van der Waals surface area contributed by atoms with Crippen LogP contribution in [0.15, 0.2) is 17.2 Å². The fraction of sp³-hybridized carbons (Fsp3) is 0.545. The topological polar surface area (TPSA) is 74.6 Å². The average Bonchev–Trinajstić information content (AvgIpc) is 2.67. The van der Waals surface area contributed by atoms with Gasteiger partial charge in [0.1, 0.15) is 16.7 Å². The van der Waals surface area contributed by atoms with Crippen molar-refractivity contribution in [3.05, 3.63) is 18.0 Å². The number of halogens is 1. The molecule has 8 heteroatoms. The van der Waals surface area contributed by atoms with Gasteiger partial charge in [-0.15, -0.1) is 0 Å². The summed E-state index contributed by atoms with van der Waals surface area (Å²) in [5.74, 6) is -0.562. The van der Waals surface area contributed by atoms with Crippen molar-refractivity contribution in [1.82, 2.24) is 4.57 Å². The van der Waals surface area contributed by atoms with Gasteiger partial charge in [0.25, 0.3) is 9.05 Å². The van der Waals surface area contributed by atoms with Gasteiger partial charge in [-0.05, 0) is 12.5 Å². The summed E-state index contributed by atoms with van der Waals surface area (Å²) in [6.45, 7) is 3.18. The van der Waals surface area contributed by atoms with Crippen LogP contribution in [-0.4, -0.2) is 38.3 Å². The van der Waals surface area contributed by atoms with Crippen molar-refractivity contribution >= 4 is 25.7 Å². The molecule has 0 aromatic carbocycles. The van der Waals surface area contributed by atoms with Crippen molar-refractivity contribution in [2.75, 3.05) is 13.2 Å². The second-order valence-corrected chi connectivity index (χ2v) is 6.82. The SMILES string of the molecule is CCCn1cc(S(=O)(=O)Cl)cc1C(=O)OC1COC1.